The van der Waals surface area contributed by atoms with E-state index in [4.69, 9.17) is 11.6 Å². The zero-order valence-electron chi connectivity index (χ0n) is 6.76. The Balaban J connectivity index is 2.21. The number of aromatic nitrogens is 1. The van der Waals surface area contributed by atoms with Gasteiger partial charge in [0.15, 0.2) is 0 Å². The fourth-order valence-electron chi connectivity index (χ4n) is 1.55. The molecular weight excluding hydrogens is 172 g/mol. The first kappa shape index (κ1) is 8.02. The molecule has 0 spiro atoms. The summed E-state index contributed by atoms with van der Waals surface area (Å²) in [6.45, 7) is 1.10. The van der Waals surface area contributed by atoms with E-state index in [1.54, 1.807) is 12.3 Å². The summed E-state index contributed by atoms with van der Waals surface area (Å²) in [6.07, 6.45) is 4.17. The van der Waals surface area contributed by atoms with E-state index in [2.05, 4.69) is 10.3 Å². The molecule has 1 N–H and O–H groups in total. The molecule has 64 valence electrons. The maximum atomic E-state index is 5.86. The van der Waals surface area contributed by atoms with Gasteiger partial charge in [0.1, 0.15) is 0 Å². The quantitative estimate of drug-likeness (QED) is 0.720. The van der Waals surface area contributed by atoms with E-state index in [9.17, 15) is 0 Å². The van der Waals surface area contributed by atoms with Crippen molar-refractivity contribution in [3.63, 3.8) is 0 Å². The summed E-state index contributed by atoms with van der Waals surface area (Å²) < 4.78 is 0. The van der Waals surface area contributed by atoms with Crippen LogP contribution in [-0.4, -0.2) is 11.5 Å². The second-order valence-corrected chi connectivity index (χ2v) is 3.48. The van der Waals surface area contributed by atoms with Crippen LogP contribution in [0, 0.1) is 0 Å². The van der Waals surface area contributed by atoms with E-state index >= 15 is 0 Å². The second kappa shape index (κ2) is 3.42. The van der Waals surface area contributed by atoms with Crippen molar-refractivity contribution in [1.29, 1.82) is 0 Å². The Labute approximate surface area is 77.0 Å². The van der Waals surface area contributed by atoms with Crippen molar-refractivity contribution in [2.75, 3.05) is 6.54 Å². The van der Waals surface area contributed by atoms with E-state index < -0.39 is 0 Å². The van der Waals surface area contributed by atoms with Crippen molar-refractivity contribution in [3.8, 4) is 0 Å². The lowest BCUT2D eigenvalue weighted by atomic mass is 10.1. The van der Waals surface area contributed by atoms with Gasteiger partial charge in [0.25, 0.3) is 0 Å². The molecule has 0 saturated carbocycles. The van der Waals surface area contributed by atoms with Gasteiger partial charge in [0.05, 0.1) is 5.69 Å². The summed E-state index contributed by atoms with van der Waals surface area (Å²) in [5.74, 6) is 0. The van der Waals surface area contributed by atoms with Crippen LogP contribution in [0.5, 0.6) is 0 Å². The Morgan fingerprint density at radius 1 is 1.58 bits per heavy atom. The fraction of sp³-hybridized carbons (Fsp3) is 0.444. The minimum Gasteiger partial charge on any atom is -0.309 e. The summed E-state index contributed by atoms with van der Waals surface area (Å²) in [7, 11) is 0. The van der Waals surface area contributed by atoms with Gasteiger partial charge in [-0.25, -0.2) is 0 Å². The summed E-state index contributed by atoms with van der Waals surface area (Å²) in [4.78, 5) is 4.27. The van der Waals surface area contributed by atoms with Crippen molar-refractivity contribution in [2.24, 2.45) is 0 Å². The third kappa shape index (κ3) is 1.59. The van der Waals surface area contributed by atoms with Crippen LogP contribution in [0.2, 0.25) is 5.02 Å². The lowest BCUT2D eigenvalue weighted by Crippen LogP contribution is -2.13. The highest BCUT2D eigenvalue weighted by Crippen LogP contribution is 2.22. The molecule has 1 aromatic rings. The van der Waals surface area contributed by atoms with Gasteiger partial charge < -0.3 is 5.32 Å². The van der Waals surface area contributed by atoms with Crippen molar-refractivity contribution in [3.05, 3.63) is 29.0 Å². The van der Waals surface area contributed by atoms with Gasteiger partial charge in [-0.05, 0) is 31.5 Å². The lowest BCUT2D eigenvalue weighted by Gasteiger charge is -2.08. The maximum Gasteiger partial charge on any atom is 0.0587 e. The van der Waals surface area contributed by atoms with Gasteiger partial charge in [-0.1, -0.05) is 11.6 Å². The van der Waals surface area contributed by atoms with Crippen LogP contribution in [0.25, 0.3) is 0 Å². The van der Waals surface area contributed by atoms with Crippen molar-refractivity contribution < 1.29 is 0 Å². The van der Waals surface area contributed by atoms with E-state index in [-0.39, 0.29) is 0 Å². The number of halogens is 1. The van der Waals surface area contributed by atoms with Crippen LogP contribution in [0.1, 0.15) is 24.6 Å². The monoisotopic (exact) mass is 182 g/mol. The Morgan fingerprint density at radius 2 is 2.50 bits per heavy atom. The zero-order valence-corrected chi connectivity index (χ0v) is 7.51. The first-order valence-electron chi connectivity index (χ1n) is 4.21. The lowest BCUT2D eigenvalue weighted by molar-refractivity contribution is 0.628. The van der Waals surface area contributed by atoms with Gasteiger partial charge in [-0.2, -0.15) is 0 Å². The van der Waals surface area contributed by atoms with E-state index in [0.717, 1.165) is 17.3 Å². The van der Waals surface area contributed by atoms with Crippen LogP contribution < -0.4 is 5.32 Å². The summed E-state index contributed by atoms with van der Waals surface area (Å²) >= 11 is 5.86. The molecule has 12 heavy (non-hydrogen) atoms. The molecule has 2 nitrogen and oxygen atoms in total. The number of pyridine rings is 1. The molecule has 1 atom stereocenters. The molecule has 0 amide bonds. The van der Waals surface area contributed by atoms with Crippen LogP contribution in [-0.2, 0) is 0 Å². The summed E-state index contributed by atoms with van der Waals surface area (Å²) in [5.41, 5.74) is 1.07. The minimum absolute atomic E-state index is 0.420. The Bertz CT molecular complexity index is 269. The highest BCUT2D eigenvalue weighted by molar-refractivity contribution is 6.30. The molecule has 0 bridgehead atoms. The standard InChI is InChI=1S/C9H11ClN2/c10-7-3-5-12-9(6-7)8-2-1-4-11-8/h3,5-6,8,11H,1-2,4H2/t8-/m1/s1. The molecule has 1 aliphatic rings. The molecule has 1 fully saturated rings. The van der Waals surface area contributed by atoms with Crippen LogP contribution in [0.3, 0.4) is 0 Å². The SMILES string of the molecule is Clc1ccnc([C@H]2CCCN2)c1. The van der Waals surface area contributed by atoms with Crippen LogP contribution >= 0.6 is 11.6 Å². The second-order valence-electron chi connectivity index (χ2n) is 3.05. The predicted octanol–water partition coefficient (Wildman–Crippen LogP) is 2.16. The van der Waals surface area contributed by atoms with E-state index in [1.807, 2.05) is 6.07 Å². The first-order chi connectivity index (χ1) is 5.86. The summed E-state index contributed by atoms with van der Waals surface area (Å²) in [6, 6.07) is 4.16. The molecule has 0 aromatic carbocycles. The molecule has 2 heterocycles. The zero-order chi connectivity index (χ0) is 8.39. The van der Waals surface area contributed by atoms with Crippen LogP contribution in [0.4, 0.5) is 0 Å². The van der Waals surface area contributed by atoms with Crippen molar-refractivity contribution >= 4 is 11.6 Å². The molecule has 3 heteroatoms. The van der Waals surface area contributed by atoms with Gasteiger partial charge in [-0.15, -0.1) is 0 Å². The molecule has 1 aliphatic heterocycles. The van der Waals surface area contributed by atoms with Gasteiger partial charge in [0.2, 0.25) is 0 Å². The largest absolute Gasteiger partial charge is 0.309 e. The molecule has 0 aliphatic carbocycles. The van der Waals surface area contributed by atoms with Crippen LogP contribution in [0.15, 0.2) is 18.3 Å². The fourth-order valence-corrected chi connectivity index (χ4v) is 1.72. The minimum atomic E-state index is 0.420. The van der Waals surface area contributed by atoms with E-state index in [1.165, 1.54) is 12.8 Å². The van der Waals surface area contributed by atoms with Gasteiger partial charge >= 0.3 is 0 Å². The summed E-state index contributed by atoms with van der Waals surface area (Å²) in [5, 5.41) is 4.15. The average molecular weight is 183 g/mol. The number of hydrogen-bond donors (Lipinski definition) is 1. The maximum absolute atomic E-state index is 5.86. The Morgan fingerprint density at radius 3 is 3.17 bits per heavy atom. The number of rotatable bonds is 1. The van der Waals surface area contributed by atoms with Crippen molar-refractivity contribution in [2.45, 2.75) is 18.9 Å². The number of nitrogens with one attached hydrogen (secondary N) is 1. The third-order valence-electron chi connectivity index (χ3n) is 2.16. The predicted molar refractivity (Wildman–Crippen MR) is 49.2 cm³/mol. The normalized spacial score (nSPS) is 22.9. The number of nitrogens with zero attached hydrogens (tertiary/aromatic N) is 1. The average Bonchev–Trinajstić information content (AvgIpc) is 2.56. The highest BCUT2D eigenvalue weighted by Gasteiger charge is 2.16. The smallest absolute Gasteiger partial charge is 0.0587 e. The molecule has 0 unspecified atom stereocenters. The highest BCUT2D eigenvalue weighted by atomic mass is 35.5. The Kier molecular flexibility index (Phi) is 2.28. The molecular formula is C9H11ClN2. The van der Waals surface area contributed by atoms with Gasteiger partial charge in [0, 0.05) is 17.3 Å². The topological polar surface area (TPSA) is 24.9 Å². The van der Waals surface area contributed by atoms with E-state index in [0.29, 0.717) is 6.04 Å². The Hall–Kier alpha value is -0.600. The van der Waals surface area contributed by atoms with Crippen molar-refractivity contribution in [1.82, 2.24) is 10.3 Å². The third-order valence-corrected chi connectivity index (χ3v) is 2.40. The molecule has 1 aromatic heterocycles. The van der Waals surface area contributed by atoms with Gasteiger partial charge in [-0.3, -0.25) is 4.98 Å². The molecule has 1 saturated heterocycles. The molecule has 2 rings (SSSR count). The molecule has 0 radical (unpaired) electrons. The number of hydrogen-bond acceptors (Lipinski definition) is 2. The first-order valence-corrected chi connectivity index (χ1v) is 4.59.